The number of methoxy groups -OCH3 is 2. The van der Waals surface area contributed by atoms with Gasteiger partial charge in [0.15, 0.2) is 10.8 Å². The van der Waals surface area contributed by atoms with Crippen LogP contribution in [0.3, 0.4) is 0 Å². The number of imidazole rings is 1. The number of aromatic nitrogens is 4. The molecule has 0 aliphatic carbocycles. The number of H-pyrrole nitrogens is 1. The van der Waals surface area contributed by atoms with E-state index in [1.165, 1.54) is 0 Å². The molecule has 3 N–H and O–H groups in total. The number of fused-ring (bicyclic) bond motifs is 1. The SMILES string of the molecule is COc1ccc2[nH]c([S@@](=O)Cc3ncc(C)c(OC)c3C)nc2n1.O.[Na]. The van der Waals surface area contributed by atoms with E-state index in [0.717, 1.165) is 22.6 Å². The van der Waals surface area contributed by atoms with Crippen LogP contribution in [-0.2, 0) is 16.6 Å². The summed E-state index contributed by atoms with van der Waals surface area (Å²) in [5, 5.41) is 0.367. The van der Waals surface area contributed by atoms with Crippen molar-refractivity contribution in [3.63, 3.8) is 0 Å². The van der Waals surface area contributed by atoms with Gasteiger partial charge >= 0.3 is 0 Å². The third-order valence-corrected chi connectivity index (χ3v) is 4.90. The van der Waals surface area contributed by atoms with Gasteiger partial charge in [-0.25, -0.2) is 4.98 Å². The zero-order valence-electron chi connectivity index (χ0n) is 15.4. The Hall–Kier alpha value is -1.52. The van der Waals surface area contributed by atoms with Crippen molar-refractivity contribution in [3.05, 3.63) is 35.2 Å². The molecule has 8 nitrogen and oxygen atoms in total. The van der Waals surface area contributed by atoms with Crippen LogP contribution in [0.25, 0.3) is 11.2 Å². The maximum absolute atomic E-state index is 12.7. The molecule has 3 heterocycles. The maximum atomic E-state index is 12.7. The van der Waals surface area contributed by atoms with Crippen LogP contribution < -0.4 is 9.47 Å². The van der Waals surface area contributed by atoms with Gasteiger partial charge < -0.3 is 19.9 Å². The summed E-state index contributed by atoms with van der Waals surface area (Å²) in [6, 6.07) is 3.52. The first-order valence-corrected chi connectivity index (χ1v) is 8.63. The number of nitrogens with zero attached hydrogens (tertiary/aromatic N) is 3. The number of hydrogen-bond donors (Lipinski definition) is 1. The summed E-state index contributed by atoms with van der Waals surface area (Å²) in [7, 11) is 1.79. The molecule has 0 saturated carbocycles. The van der Waals surface area contributed by atoms with Gasteiger partial charge in [0, 0.05) is 52.9 Å². The molecule has 3 aromatic heterocycles. The standard InChI is InChI=1S/C16H18N4O3S.Na.H2O/c1-9-7-17-12(10(2)14(9)23-4)8-24(21)16-18-11-5-6-13(22-3)19-15(11)20-16;;/h5-7H,8H2,1-4H3,(H,18,19,20);;1H2/t24-;;/m0../s1. The van der Waals surface area contributed by atoms with Crippen LogP contribution in [0.2, 0.25) is 0 Å². The maximum Gasteiger partial charge on any atom is 0.215 e. The smallest absolute Gasteiger partial charge is 0.215 e. The number of pyridine rings is 2. The zero-order chi connectivity index (χ0) is 17.3. The average Bonchev–Trinajstić information content (AvgIpc) is 3.01. The van der Waals surface area contributed by atoms with Gasteiger partial charge in [0.25, 0.3) is 0 Å². The molecule has 10 heteroatoms. The molecule has 0 amide bonds. The van der Waals surface area contributed by atoms with E-state index >= 15 is 0 Å². The fraction of sp³-hybridized carbons (Fsp3) is 0.312. The van der Waals surface area contributed by atoms with Crippen LogP contribution >= 0.6 is 0 Å². The van der Waals surface area contributed by atoms with Crippen molar-refractivity contribution in [1.82, 2.24) is 19.9 Å². The van der Waals surface area contributed by atoms with Crippen LogP contribution in [0.5, 0.6) is 11.6 Å². The van der Waals surface area contributed by atoms with Gasteiger partial charge in [0.1, 0.15) is 5.75 Å². The van der Waals surface area contributed by atoms with Gasteiger partial charge in [0.05, 0.1) is 42.0 Å². The molecule has 0 bridgehead atoms. The van der Waals surface area contributed by atoms with Crippen molar-refractivity contribution in [2.45, 2.75) is 24.8 Å². The molecule has 135 valence electrons. The number of nitrogens with one attached hydrogen (secondary N) is 1. The third kappa shape index (κ3) is 4.41. The molecule has 26 heavy (non-hydrogen) atoms. The van der Waals surface area contributed by atoms with Crippen molar-refractivity contribution in [3.8, 4) is 11.6 Å². The first kappa shape index (κ1) is 22.5. The number of aryl methyl sites for hydroxylation is 1. The number of aromatic amines is 1. The minimum atomic E-state index is -1.37. The fourth-order valence-electron chi connectivity index (χ4n) is 2.48. The Balaban J connectivity index is 0.00000169. The molecule has 3 rings (SSSR count). The fourth-order valence-corrected chi connectivity index (χ4v) is 3.57. The van der Waals surface area contributed by atoms with Gasteiger partial charge in [-0.1, -0.05) is 0 Å². The second-order valence-corrected chi connectivity index (χ2v) is 6.67. The molecule has 0 spiro atoms. The number of ether oxygens (including phenoxy) is 2. The Bertz CT molecular complexity index is 932. The summed E-state index contributed by atoms with van der Waals surface area (Å²) in [4.78, 5) is 15.9. The zero-order valence-corrected chi connectivity index (χ0v) is 18.2. The molecule has 0 aliphatic rings. The Labute approximate surface area is 175 Å². The minimum Gasteiger partial charge on any atom is -0.496 e. The van der Waals surface area contributed by atoms with Crippen molar-refractivity contribution in [2.24, 2.45) is 0 Å². The third-order valence-electron chi connectivity index (χ3n) is 3.74. The van der Waals surface area contributed by atoms with Crippen LogP contribution in [0, 0.1) is 13.8 Å². The van der Waals surface area contributed by atoms with Crippen LogP contribution in [0.15, 0.2) is 23.5 Å². The predicted octanol–water partition coefficient (Wildman–Crippen LogP) is 1.09. The van der Waals surface area contributed by atoms with Crippen LogP contribution in [0.1, 0.15) is 16.8 Å². The quantitative estimate of drug-likeness (QED) is 0.654. The Kier molecular flexibility index (Phi) is 8.16. The normalized spacial score (nSPS) is 11.4. The largest absolute Gasteiger partial charge is 0.496 e. The van der Waals surface area contributed by atoms with E-state index in [4.69, 9.17) is 9.47 Å². The van der Waals surface area contributed by atoms with E-state index in [-0.39, 0.29) is 40.8 Å². The van der Waals surface area contributed by atoms with Crippen molar-refractivity contribution >= 4 is 51.5 Å². The Morgan fingerprint density at radius 2 is 1.88 bits per heavy atom. The van der Waals surface area contributed by atoms with E-state index < -0.39 is 10.8 Å². The van der Waals surface area contributed by atoms with Gasteiger partial charge in [-0.3, -0.25) is 9.19 Å². The van der Waals surface area contributed by atoms with Gasteiger partial charge in [-0.05, 0) is 19.9 Å². The molecule has 0 unspecified atom stereocenters. The van der Waals surface area contributed by atoms with E-state index in [2.05, 4.69) is 19.9 Å². The van der Waals surface area contributed by atoms with Crippen molar-refractivity contribution in [1.29, 1.82) is 0 Å². The van der Waals surface area contributed by atoms with E-state index in [1.807, 2.05) is 13.8 Å². The molecule has 1 radical (unpaired) electrons. The summed E-state index contributed by atoms with van der Waals surface area (Å²) in [6.45, 7) is 3.84. The van der Waals surface area contributed by atoms with Crippen LogP contribution in [-0.4, -0.2) is 73.4 Å². The second-order valence-electron chi connectivity index (χ2n) is 5.30. The van der Waals surface area contributed by atoms with Crippen molar-refractivity contribution < 1.29 is 19.2 Å². The van der Waals surface area contributed by atoms with Crippen LogP contribution in [0.4, 0.5) is 0 Å². The van der Waals surface area contributed by atoms with E-state index in [0.29, 0.717) is 22.2 Å². The summed E-state index contributed by atoms with van der Waals surface area (Å²) in [6.07, 6.45) is 1.73. The predicted molar refractivity (Wildman–Crippen MR) is 100 cm³/mol. The molecule has 3 aromatic rings. The molecule has 0 aliphatic heterocycles. The first-order chi connectivity index (χ1) is 11.5. The van der Waals surface area contributed by atoms with E-state index in [1.54, 1.807) is 32.5 Å². The molecular weight excluding hydrogens is 367 g/mol. The number of rotatable bonds is 5. The van der Waals surface area contributed by atoms with Gasteiger partial charge in [-0.2, -0.15) is 4.98 Å². The monoisotopic (exact) mass is 387 g/mol. The summed E-state index contributed by atoms with van der Waals surface area (Å²) >= 11 is 0. The van der Waals surface area contributed by atoms with Gasteiger partial charge in [0.2, 0.25) is 5.88 Å². The second kappa shape index (κ2) is 9.43. The van der Waals surface area contributed by atoms with E-state index in [9.17, 15) is 4.21 Å². The Morgan fingerprint density at radius 1 is 1.15 bits per heavy atom. The summed E-state index contributed by atoms with van der Waals surface area (Å²) < 4.78 is 23.1. The van der Waals surface area contributed by atoms with Gasteiger partial charge in [-0.15, -0.1) is 0 Å². The molecular formula is C16H20N4NaO4S. The molecule has 0 fully saturated rings. The summed E-state index contributed by atoms with van der Waals surface area (Å²) in [5.41, 5.74) is 3.75. The first-order valence-electron chi connectivity index (χ1n) is 7.31. The topological polar surface area (TPSA) is 121 Å². The Morgan fingerprint density at radius 3 is 2.54 bits per heavy atom. The molecule has 0 aromatic carbocycles. The minimum absolute atomic E-state index is 0. The summed E-state index contributed by atoms with van der Waals surface area (Å²) in [5.74, 6) is 1.49. The van der Waals surface area contributed by atoms with Crippen molar-refractivity contribution in [2.75, 3.05) is 14.2 Å². The molecule has 0 saturated heterocycles. The number of hydrogen-bond acceptors (Lipinski definition) is 6. The molecule has 1 atom stereocenters. The average molecular weight is 387 g/mol.